The van der Waals surface area contributed by atoms with Gasteiger partial charge in [0, 0.05) is 0 Å². The predicted molar refractivity (Wildman–Crippen MR) is 111 cm³/mol. The topological polar surface area (TPSA) is 84.2 Å². The van der Waals surface area contributed by atoms with Crippen molar-refractivity contribution in [2.45, 2.75) is 6.42 Å². The highest BCUT2D eigenvalue weighted by Gasteiger charge is 2.19. The first-order valence-electron chi connectivity index (χ1n) is 8.42. The first-order valence-corrected chi connectivity index (χ1v) is 10.1. The van der Waals surface area contributed by atoms with Gasteiger partial charge in [-0.05, 0) is 29.1 Å². The van der Waals surface area contributed by atoms with E-state index in [0.29, 0.717) is 15.8 Å². The lowest BCUT2D eigenvalue weighted by Crippen LogP contribution is -2.14. The molecule has 0 radical (unpaired) electrons. The van der Waals surface area contributed by atoms with E-state index in [-0.39, 0.29) is 24.0 Å². The smallest absolute Gasteiger partial charge is 0.292 e. The van der Waals surface area contributed by atoms with Crippen molar-refractivity contribution < 1.29 is 14.0 Å². The number of rotatable bonds is 6. The fourth-order valence-corrected chi connectivity index (χ4v) is 4.23. The van der Waals surface area contributed by atoms with Crippen molar-refractivity contribution in [3.8, 4) is 10.6 Å². The molecule has 0 saturated carbocycles. The second-order valence-corrected chi connectivity index (χ2v) is 7.76. The molecule has 2 amide bonds. The van der Waals surface area contributed by atoms with E-state index in [9.17, 15) is 9.59 Å². The summed E-state index contributed by atoms with van der Waals surface area (Å²) in [6.07, 6.45) is 1.69. The van der Waals surface area contributed by atoms with Gasteiger partial charge in [-0.3, -0.25) is 9.59 Å². The Morgan fingerprint density at radius 3 is 2.57 bits per heavy atom. The highest BCUT2D eigenvalue weighted by atomic mass is 32.1. The molecule has 8 heteroatoms. The number of aromatic nitrogens is 1. The third-order valence-corrected chi connectivity index (χ3v) is 5.57. The zero-order valence-electron chi connectivity index (χ0n) is 14.5. The van der Waals surface area contributed by atoms with E-state index >= 15 is 0 Å². The Bertz CT molecular complexity index is 1070. The Morgan fingerprint density at radius 2 is 1.86 bits per heavy atom. The number of anilines is 2. The highest BCUT2D eigenvalue weighted by Crippen LogP contribution is 2.38. The first kappa shape index (κ1) is 18.1. The van der Waals surface area contributed by atoms with Crippen LogP contribution in [0.5, 0.6) is 0 Å². The fraction of sp³-hybridized carbons (Fsp3) is 0.0500. The Morgan fingerprint density at radius 1 is 1.00 bits per heavy atom. The number of hydrogen-bond acceptors (Lipinski definition) is 6. The number of benzene rings is 1. The van der Waals surface area contributed by atoms with Gasteiger partial charge in [0.05, 0.1) is 17.6 Å². The largest absolute Gasteiger partial charge is 0.459 e. The van der Waals surface area contributed by atoms with Crippen LogP contribution < -0.4 is 10.6 Å². The number of furan rings is 1. The van der Waals surface area contributed by atoms with Crippen LogP contribution in [0, 0.1) is 0 Å². The number of hydrogen-bond donors (Lipinski definition) is 2. The van der Waals surface area contributed by atoms with Crippen molar-refractivity contribution in [3.05, 3.63) is 77.6 Å². The third-order valence-electron chi connectivity index (χ3n) is 3.81. The van der Waals surface area contributed by atoms with Gasteiger partial charge in [-0.2, -0.15) is 0 Å². The first-order chi connectivity index (χ1) is 13.7. The number of thiophene rings is 1. The molecular formula is C20H15N3O3S2. The van der Waals surface area contributed by atoms with Crippen molar-refractivity contribution in [1.29, 1.82) is 0 Å². The van der Waals surface area contributed by atoms with Crippen LogP contribution in [-0.4, -0.2) is 16.8 Å². The zero-order chi connectivity index (χ0) is 19.3. The van der Waals surface area contributed by atoms with Crippen LogP contribution >= 0.6 is 22.7 Å². The number of nitrogens with zero attached hydrogens (tertiary/aromatic N) is 1. The maximum Gasteiger partial charge on any atom is 0.292 e. The number of amides is 2. The third kappa shape index (κ3) is 4.19. The van der Waals surface area contributed by atoms with Crippen molar-refractivity contribution in [3.63, 3.8) is 0 Å². The Balaban J connectivity index is 1.55. The molecule has 28 heavy (non-hydrogen) atoms. The Hall–Kier alpha value is -3.23. The second kappa shape index (κ2) is 8.20. The minimum Gasteiger partial charge on any atom is -0.459 e. The molecule has 0 saturated heterocycles. The van der Waals surface area contributed by atoms with Gasteiger partial charge in [0.1, 0.15) is 10.7 Å². The molecule has 1 aromatic carbocycles. The van der Waals surface area contributed by atoms with E-state index in [2.05, 4.69) is 15.6 Å². The van der Waals surface area contributed by atoms with Crippen molar-refractivity contribution >= 4 is 44.6 Å². The molecule has 3 aromatic heterocycles. The lowest BCUT2D eigenvalue weighted by atomic mass is 10.1. The van der Waals surface area contributed by atoms with E-state index in [1.54, 1.807) is 12.1 Å². The van der Waals surface area contributed by atoms with E-state index in [4.69, 9.17) is 4.42 Å². The minimum absolute atomic E-state index is 0.165. The van der Waals surface area contributed by atoms with Crippen LogP contribution in [0.15, 0.2) is 70.7 Å². The van der Waals surface area contributed by atoms with Crippen molar-refractivity contribution in [1.82, 2.24) is 4.98 Å². The van der Waals surface area contributed by atoms with Crippen LogP contribution in [0.4, 0.5) is 10.1 Å². The molecule has 0 fully saturated rings. The molecule has 2 N–H and O–H groups in total. The molecule has 3 heterocycles. The molecular weight excluding hydrogens is 394 g/mol. The second-order valence-electron chi connectivity index (χ2n) is 5.82. The fourth-order valence-electron chi connectivity index (χ4n) is 2.56. The van der Waals surface area contributed by atoms with E-state index < -0.39 is 0 Å². The van der Waals surface area contributed by atoms with Gasteiger partial charge < -0.3 is 15.1 Å². The summed E-state index contributed by atoms with van der Waals surface area (Å²) in [6, 6.07) is 16.5. The van der Waals surface area contributed by atoms with E-state index in [0.717, 1.165) is 10.4 Å². The van der Waals surface area contributed by atoms with Crippen LogP contribution in [0.3, 0.4) is 0 Å². The SMILES string of the molecule is O=C(Cc1ccccc1)Nc1nc(-c2cccs2)c(NC(=O)c2ccco2)s1. The average Bonchev–Trinajstić information content (AvgIpc) is 3.44. The van der Waals surface area contributed by atoms with Crippen molar-refractivity contribution in [2.75, 3.05) is 10.6 Å². The summed E-state index contributed by atoms with van der Waals surface area (Å²) >= 11 is 2.72. The van der Waals surface area contributed by atoms with E-state index in [1.165, 1.54) is 28.9 Å². The Labute approximate surface area is 168 Å². The lowest BCUT2D eigenvalue weighted by Gasteiger charge is -2.01. The minimum atomic E-state index is -0.367. The molecule has 140 valence electrons. The molecule has 0 spiro atoms. The van der Waals surface area contributed by atoms with Gasteiger partial charge in [0.2, 0.25) is 5.91 Å². The maximum atomic E-state index is 12.4. The maximum absolute atomic E-state index is 12.4. The van der Waals surface area contributed by atoms with Crippen LogP contribution in [-0.2, 0) is 11.2 Å². The number of carbonyl (C=O) groups excluding carboxylic acids is 2. The summed E-state index contributed by atoms with van der Waals surface area (Å²) in [5.41, 5.74) is 1.54. The standard InChI is InChI=1S/C20H15N3O3S2/c24-16(12-13-6-2-1-3-7-13)21-20-22-17(15-9-5-11-27-15)19(28-20)23-18(25)14-8-4-10-26-14/h1-11H,12H2,(H,23,25)(H,21,22,24). The van der Waals surface area contributed by atoms with Crippen LogP contribution in [0.1, 0.15) is 16.1 Å². The molecule has 6 nitrogen and oxygen atoms in total. The van der Waals surface area contributed by atoms with Gasteiger partial charge in [0.25, 0.3) is 5.91 Å². The number of carbonyl (C=O) groups is 2. The molecule has 0 atom stereocenters. The zero-order valence-corrected chi connectivity index (χ0v) is 16.2. The Kier molecular flexibility index (Phi) is 5.31. The summed E-state index contributed by atoms with van der Waals surface area (Å²) in [4.78, 5) is 30.1. The summed E-state index contributed by atoms with van der Waals surface area (Å²) in [5, 5.41) is 8.56. The molecule has 0 unspecified atom stereocenters. The summed E-state index contributed by atoms with van der Waals surface area (Å²) in [6.45, 7) is 0. The van der Waals surface area contributed by atoms with Gasteiger partial charge in [-0.25, -0.2) is 4.98 Å². The molecule has 4 rings (SSSR count). The number of nitrogens with one attached hydrogen (secondary N) is 2. The summed E-state index contributed by atoms with van der Waals surface area (Å²) < 4.78 is 5.14. The highest BCUT2D eigenvalue weighted by molar-refractivity contribution is 7.21. The quantitative estimate of drug-likeness (QED) is 0.474. The summed E-state index contributed by atoms with van der Waals surface area (Å²) in [7, 11) is 0. The average molecular weight is 409 g/mol. The molecule has 0 aliphatic carbocycles. The summed E-state index contributed by atoms with van der Waals surface area (Å²) in [5.74, 6) is -0.324. The number of thiazole rings is 1. The molecule has 0 bridgehead atoms. The van der Waals surface area contributed by atoms with Gasteiger partial charge in [-0.1, -0.05) is 47.7 Å². The molecule has 0 aliphatic heterocycles. The van der Waals surface area contributed by atoms with Crippen LogP contribution in [0.2, 0.25) is 0 Å². The monoisotopic (exact) mass is 409 g/mol. The van der Waals surface area contributed by atoms with Crippen molar-refractivity contribution in [2.24, 2.45) is 0 Å². The predicted octanol–water partition coefficient (Wildman–Crippen LogP) is 4.90. The lowest BCUT2D eigenvalue weighted by molar-refractivity contribution is -0.115. The van der Waals surface area contributed by atoms with Gasteiger partial charge in [0.15, 0.2) is 10.9 Å². The van der Waals surface area contributed by atoms with Gasteiger partial charge >= 0.3 is 0 Å². The van der Waals surface area contributed by atoms with Gasteiger partial charge in [-0.15, -0.1) is 11.3 Å². The normalized spacial score (nSPS) is 10.6. The molecule has 0 aliphatic rings. The van der Waals surface area contributed by atoms with E-state index in [1.807, 2.05) is 47.8 Å². The molecule has 4 aromatic rings. The van der Waals surface area contributed by atoms with Crippen LogP contribution in [0.25, 0.3) is 10.6 Å².